The van der Waals surface area contributed by atoms with Crippen LogP contribution in [0.5, 0.6) is 5.75 Å². The van der Waals surface area contributed by atoms with E-state index in [2.05, 4.69) is 26.1 Å². The van der Waals surface area contributed by atoms with Gasteiger partial charge in [-0.1, -0.05) is 21.1 Å². The largest absolute Gasteiger partial charge is 0.492 e. The summed E-state index contributed by atoms with van der Waals surface area (Å²) in [6.07, 6.45) is 5.03. The van der Waals surface area contributed by atoms with E-state index in [1.54, 1.807) is 7.11 Å². The normalized spacial score (nSPS) is 19.2. The van der Waals surface area contributed by atoms with Crippen molar-refractivity contribution in [3.8, 4) is 17.2 Å². The Labute approximate surface area is 137 Å². The van der Waals surface area contributed by atoms with Crippen LogP contribution in [-0.2, 0) is 16.8 Å². The SMILES string of the molecule is COC1(c2noc(-c3ccc(Br)c4c3OCCC4)n2)CCC1. The molecule has 2 aliphatic rings. The van der Waals surface area contributed by atoms with Crippen molar-refractivity contribution >= 4 is 15.9 Å². The van der Waals surface area contributed by atoms with Gasteiger partial charge in [0.15, 0.2) is 0 Å². The van der Waals surface area contributed by atoms with Crippen molar-refractivity contribution in [1.29, 1.82) is 0 Å². The number of hydrogen-bond donors (Lipinski definition) is 0. The number of methoxy groups -OCH3 is 1. The molecule has 1 aliphatic carbocycles. The molecule has 2 aromatic rings. The smallest absolute Gasteiger partial charge is 0.261 e. The zero-order valence-corrected chi connectivity index (χ0v) is 14.0. The number of halogens is 1. The maximum Gasteiger partial charge on any atom is 0.261 e. The zero-order valence-electron chi connectivity index (χ0n) is 12.4. The highest BCUT2D eigenvalue weighted by Crippen LogP contribution is 2.44. The summed E-state index contributed by atoms with van der Waals surface area (Å²) in [6.45, 7) is 0.722. The number of hydrogen-bond acceptors (Lipinski definition) is 5. The van der Waals surface area contributed by atoms with Gasteiger partial charge in [0.05, 0.1) is 12.2 Å². The third-order valence-electron chi connectivity index (χ3n) is 4.64. The molecule has 1 fully saturated rings. The highest BCUT2D eigenvalue weighted by molar-refractivity contribution is 9.10. The van der Waals surface area contributed by atoms with Crippen LogP contribution in [0.3, 0.4) is 0 Å². The number of ether oxygens (including phenoxy) is 2. The van der Waals surface area contributed by atoms with Crippen LogP contribution in [0.4, 0.5) is 0 Å². The van der Waals surface area contributed by atoms with Crippen LogP contribution in [-0.4, -0.2) is 23.9 Å². The van der Waals surface area contributed by atoms with Crippen LogP contribution in [0, 0.1) is 0 Å². The standard InChI is InChI=1S/C16H17BrN2O3/c1-20-16(7-3-8-16)15-18-14(22-19-15)11-5-6-12(17)10-4-2-9-21-13(10)11/h5-6H,2-4,7-9H2,1H3. The maximum absolute atomic E-state index is 5.86. The second-order valence-corrected chi connectivity index (χ2v) is 6.68. The van der Waals surface area contributed by atoms with Gasteiger partial charge in [0.2, 0.25) is 5.82 Å². The third kappa shape index (κ3) is 2.08. The molecule has 0 spiro atoms. The molecule has 0 saturated heterocycles. The second kappa shape index (κ2) is 5.35. The summed E-state index contributed by atoms with van der Waals surface area (Å²) >= 11 is 3.59. The Kier molecular flexibility index (Phi) is 3.46. The van der Waals surface area contributed by atoms with Crippen molar-refractivity contribution < 1.29 is 14.0 Å². The maximum atomic E-state index is 5.86. The predicted molar refractivity (Wildman–Crippen MR) is 83.8 cm³/mol. The second-order valence-electron chi connectivity index (χ2n) is 5.83. The van der Waals surface area contributed by atoms with Gasteiger partial charge < -0.3 is 14.0 Å². The van der Waals surface area contributed by atoms with E-state index < -0.39 is 0 Å². The molecule has 6 heteroatoms. The molecule has 0 N–H and O–H groups in total. The first kappa shape index (κ1) is 14.2. The van der Waals surface area contributed by atoms with E-state index in [1.165, 1.54) is 5.56 Å². The number of fused-ring (bicyclic) bond motifs is 1. The highest BCUT2D eigenvalue weighted by Gasteiger charge is 2.43. The molecule has 0 radical (unpaired) electrons. The van der Waals surface area contributed by atoms with Gasteiger partial charge in [0.25, 0.3) is 5.89 Å². The molecule has 1 saturated carbocycles. The fraction of sp³-hybridized carbons (Fsp3) is 0.500. The Morgan fingerprint density at radius 1 is 1.27 bits per heavy atom. The highest BCUT2D eigenvalue weighted by atomic mass is 79.9. The van der Waals surface area contributed by atoms with E-state index in [-0.39, 0.29) is 5.60 Å². The molecule has 0 unspecified atom stereocenters. The fourth-order valence-corrected chi connectivity index (χ4v) is 3.64. The van der Waals surface area contributed by atoms with Crippen molar-refractivity contribution in [2.24, 2.45) is 0 Å². The van der Waals surface area contributed by atoms with Crippen molar-refractivity contribution in [3.63, 3.8) is 0 Å². The Morgan fingerprint density at radius 3 is 2.86 bits per heavy atom. The summed E-state index contributed by atoms with van der Waals surface area (Å²) in [7, 11) is 1.71. The third-order valence-corrected chi connectivity index (χ3v) is 5.38. The first-order chi connectivity index (χ1) is 10.7. The molecule has 22 heavy (non-hydrogen) atoms. The molecule has 0 atom stereocenters. The van der Waals surface area contributed by atoms with E-state index >= 15 is 0 Å². The Hall–Kier alpha value is -1.40. The van der Waals surface area contributed by atoms with E-state index in [0.717, 1.165) is 54.5 Å². The molecule has 0 amide bonds. The van der Waals surface area contributed by atoms with Crippen molar-refractivity contribution in [2.75, 3.05) is 13.7 Å². The number of aromatic nitrogens is 2. The van der Waals surface area contributed by atoms with Gasteiger partial charge in [-0.2, -0.15) is 4.98 Å². The average molecular weight is 365 g/mol. The number of nitrogens with zero attached hydrogens (tertiary/aromatic N) is 2. The molecule has 1 aromatic heterocycles. The average Bonchev–Trinajstić information content (AvgIpc) is 2.97. The molecular formula is C16H17BrN2O3. The molecule has 5 nitrogen and oxygen atoms in total. The molecule has 116 valence electrons. The van der Waals surface area contributed by atoms with E-state index in [0.29, 0.717) is 11.7 Å². The van der Waals surface area contributed by atoms with Crippen LogP contribution >= 0.6 is 15.9 Å². The van der Waals surface area contributed by atoms with Crippen LogP contribution in [0.1, 0.15) is 37.1 Å². The quantitative estimate of drug-likeness (QED) is 0.827. The van der Waals surface area contributed by atoms with Crippen LogP contribution in [0.25, 0.3) is 11.5 Å². The molecule has 1 aliphatic heterocycles. The summed E-state index contributed by atoms with van der Waals surface area (Å²) in [5.74, 6) is 2.00. The summed E-state index contributed by atoms with van der Waals surface area (Å²) in [5, 5.41) is 4.15. The van der Waals surface area contributed by atoms with E-state index in [9.17, 15) is 0 Å². The first-order valence-electron chi connectivity index (χ1n) is 7.57. The number of rotatable bonds is 3. The van der Waals surface area contributed by atoms with Crippen molar-refractivity contribution in [3.05, 3.63) is 28.0 Å². The van der Waals surface area contributed by atoms with E-state index in [4.69, 9.17) is 14.0 Å². The fourth-order valence-electron chi connectivity index (χ4n) is 3.13. The predicted octanol–water partition coefficient (Wildman–Crippen LogP) is 3.85. The van der Waals surface area contributed by atoms with Gasteiger partial charge in [-0.05, 0) is 44.2 Å². The van der Waals surface area contributed by atoms with Crippen LogP contribution in [0.2, 0.25) is 0 Å². The van der Waals surface area contributed by atoms with Crippen LogP contribution in [0.15, 0.2) is 21.1 Å². The van der Waals surface area contributed by atoms with Gasteiger partial charge in [-0.3, -0.25) is 0 Å². The molecule has 1 aromatic carbocycles. The molecular weight excluding hydrogens is 348 g/mol. The van der Waals surface area contributed by atoms with Crippen LogP contribution < -0.4 is 4.74 Å². The van der Waals surface area contributed by atoms with E-state index in [1.807, 2.05) is 12.1 Å². The Bertz CT molecular complexity index is 704. The summed E-state index contributed by atoms with van der Waals surface area (Å²) in [5.41, 5.74) is 1.67. The van der Waals surface area contributed by atoms with Gasteiger partial charge in [0, 0.05) is 17.1 Å². The first-order valence-corrected chi connectivity index (χ1v) is 8.37. The number of benzene rings is 1. The minimum Gasteiger partial charge on any atom is -0.492 e. The topological polar surface area (TPSA) is 57.4 Å². The summed E-state index contributed by atoms with van der Waals surface area (Å²) in [4.78, 5) is 4.59. The van der Waals surface area contributed by atoms with Gasteiger partial charge in [0.1, 0.15) is 11.4 Å². The van der Waals surface area contributed by atoms with Gasteiger partial charge in [-0.25, -0.2) is 0 Å². The molecule has 0 bridgehead atoms. The van der Waals surface area contributed by atoms with Crippen molar-refractivity contribution in [1.82, 2.24) is 10.1 Å². The van der Waals surface area contributed by atoms with Gasteiger partial charge >= 0.3 is 0 Å². The minimum atomic E-state index is -0.363. The lowest BCUT2D eigenvalue weighted by Crippen LogP contribution is -2.37. The summed E-state index contributed by atoms with van der Waals surface area (Å²) in [6, 6.07) is 3.98. The minimum absolute atomic E-state index is 0.363. The summed E-state index contributed by atoms with van der Waals surface area (Å²) < 4.78 is 18.1. The molecule has 2 heterocycles. The molecule has 4 rings (SSSR count). The Morgan fingerprint density at radius 2 is 2.14 bits per heavy atom. The monoisotopic (exact) mass is 364 g/mol. The lowest BCUT2D eigenvalue weighted by atomic mass is 9.79. The van der Waals surface area contributed by atoms with Crippen molar-refractivity contribution in [2.45, 2.75) is 37.7 Å². The lowest BCUT2D eigenvalue weighted by molar-refractivity contribution is -0.0858. The lowest BCUT2D eigenvalue weighted by Gasteiger charge is -2.37. The zero-order chi connectivity index (χ0) is 15.2. The Balaban J connectivity index is 1.76. The van der Waals surface area contributed by atoms with Gasteiger partial charge in [-0.15, -0.1) is 0 Å².